The molecule has 0 aliphatic heterocycles. The molecule has 2 aromatic carbocycles. The molecule has 0 aliphatic carbocycles. The molecular formula is C23H25ClO5. The Morgan fingerprint density at radius 1 is 0.897 bits per heavy atom. The van der Waals surface area contributed by atoms with Gasteiger partial charge in [-0.15, -0.1) is 0 Å². The third-order valence-corrected chi connectivity index (χ3v) is 5.38. The molecule has 154 valence electrons. The predicted molar refractivity (Wildman–Crippen MR) is 111 cm³/mol. The number of ketones is 1. The third kappa shape index (κ3) is 5.04. The lowest BCUT2D eigenvalue weighted by Crippen LogP contribution is -2.37. The maximum Gasteiger partial charge on any atom is 0.320 e. The van der Waals surface area contributed by atoms with Crippen molar-refractivity contribution in [3.05, 3.63) is 69.7 Å². The van der Waals surface area contributed by atoms with E-state index in [0.717, 1.165) is 11.1 Å². The van der Waals surface area contributed by atoms with E-state index in [1.807, 2.05) is 26.0 Å². The van der Waals surface area contributed by atoms with Crippen LogP contribution in [0.4, 0.5) is 0 Å². The van der Waals surface area contributed by atoms with Crippen LogP contribution in [0.3, 0.4) is 0 Å². The first-order chi connectivity index (χ1) is 13.7. The fraction of sp³-hybridized carbons (Fsp3) is 0.348. The summed E-state index contributed by atoms with van der Waals surface area (Å²) in [4.78, 5) is 38.4. The van der Waals surface area contributed by atoms with Crippen molar-refractivity contribution in [3.63, 3.8) is 0 Å². The van der Waals surface area contributed by atoms with Crippen LogP contribution in [0.25, 0.3) is 0 Å². The number of benzene rings is 2. The molecule has 0 aromatic heterocycles. The number of aryl methyl sites for hydroxylation is 2. The van der Waals surface area contributed by atoms with Crippen LogP contribution in [0.1, 0.15) is 39.9 Å². The van der Waals surface area contributed by atoms with Crippen LogP contribution in [0.5, 0.6) is 0 Å². The first-order valence-electron chi connectivity index (χ1n) is 9.23. The van der Waals surface area contributed by atoms with Crippen molar-refractivity contribution in [1.29, 1.82) is 0 Å². The van der Waals surface area contributed by atoms with E-state index in [4.69, 9.17) is 21.1 Å². The molecule has 6 heteroatoms. The Balaban J connectivity index is 2.58. The minimum absolute atomic E-state index is 0.166. The van der Waals surface area contributed by atoms with Crippen molar-refractivity contribution >= 4 is 29.3 Å². The lowest BCUT2D eigenvalue weighted by atomic mass is 9.74. The smallest absolute Gasteiger partial charge is 0.320 e. The number of Topliss-reactive ketones (excluding diaryl/α,β-unsaturated/α-hetero) is 1. The second-order valence-corrected chi connectivity index (χ2v) is 7.51. The van der Waals surface area contributed by atoms with Gasteiger partial charge in [0.05, 0.1) is 14.2 Å². The van der Waals surface area contributed by atoms with Gasteiger partial charge in [-0.05, 0) is 37.1 Å². The number of methoxy groups -OCH3 is 2. The van der Waals surface area contributed by atoms with Gasteiger partial charge < -0.3 is 9.47 Å². The van der Waals surface area contributed by atoms with Crippen molar-refractivity contribution in [2.45, 2.75) is 26.7 Å². The van der Waals surface area contributed by atoms with Crippen LogP contribution in [0.15, 0.2) is 42.5 Å². The van der Waals surface area contributed by atoms with Crippen LogP contribution in [0, 0.1) is 25.7 Å². The van der Waals surface area contributed by atoms with Crippen molar-refractivity contribution in [1.82, 2.24) is 0 Å². The van der Waals surface area contributed by atoms with E-state index < -0.39 is 29.7 Å². The Labute approximate surface area is 176 Å². The van der Waals surface area contributed by atoms with Gasteiger partial charge in [-0.25, -0.2) is 0 Å². The Bertz CT molecular complexity index is 888. The molecule has 0 radical (unpaired) electrons. The number of carbonyl (C=O) groups is 3. The van der Waals surface area contributed by atoms with E-state index in [1.165, 1.54) is 14.2 Å². The zero-order valence-electron chi connectivity index (χ0n) is 17.2. The summed E-state index contributed by atoms with van der Waals surface area (Å²) in [5.74, 6) is -4.42. The van der Waals surface area contributed by atoms with E-state index in [0.29, 0.717) is 16.1 Å². The highest BCUT2D eigenvalue weighted by Gasteiger charge is 2.43. The lowest BCUT2D eigenvalue weighted by Gasteiger charge is -2.29. The average Bonchev–Trinajstić information content (AvgIpc) is 2.70. The molecule has 0 heterocycles. The average molecular weight is 417 g/mol. The van der Waals surface area contributed by atoms with E-state index >= 15 is 0 Å². The molecule has 0 bridgehead atoms. The summed E-state index contributed by atoms with van der Waals surface area (Å²) in [5.41, 5.74) is 3.06. The van der Waals surface area contributed by atoms with E-state index in [2.05, 4.69) is 0 Å². The second-order valence-electron chi connectivity index (χ2n) is 7.07. The van der Waals surface area contributed by atoms with Gasteiger partial charge in [0.2, 0.25) is 0 Å². The van der Waals surface area contributed by atoms with Gasteiger partial charge in [-0.2, -0.15) is 0 Å². The molecule has 2 atom stereocenters. The minimum Gasteiger partial charge on any atom is -0.468 e. The fourth-order valence-corrected chi connectivity index (χ4v) is 3.72. The maximum atomic E-state index is 13.4. The molecule has 0 N–H and O–H groups in total. The van der Waals surface area contributed by atoms with Gasteiger partial charge in [0.15, 0.2) is 11.7 Å². The standard InChI is InChI=1S/C23H25ClO5/c1-13-6-11-18(14(2)12-13)21(25)15(3)19(16-7-9-17(24)10-8-16)20(22(26)28-4)23(27)29-5/h6-12,15,19-20H,1-5H3/t15-,19-/m0/s1. The highest BCUT2D eigenvalue weighted by molar-refractivity contribution is 6.30. The summed E-state index contributed by atoms with van der Waals surface area (Å²) in [5, 5.41) is 0.508. The van der Waals surface area contributed by atoms with Crippen molar-refractivity contribution in [2.75, 3.05) is 14.2 Å². The number of ether oxygens (including phenoxy) is 2. The summed E-state index contributed by atoms with van der Waals surface area (Å²) in [6.07, 6.45) is 0. The predicted octanol–water partition coefficient (Wildman–Crippen LogP) is 4.52. The molecular weight excluding hydrogens is 392 g/mol. The third-order valence-electron chi connectivity index (χ3n) is 5.12. The van der Waals surface area contributed by atoms with E-state index in [1.54, 1.807) is 37.3 Å². The lowest BCUT2D eigenvalue weighted by molar-refractivity contribution is -0.160. The topological polar surface area (TPSA) is 69.7 Å². The quantitative estimate of drug-likeness (QED) is 0.377. The highest BCUT2D eigenvalue weighted by Crippen LogP contribution is 2.37. The molecule has 0 saturated heterocycles. The molecule has 0 spiro atoms. The molecule has 0 aliphatic rings. The Morgan fingerprint density at radius 2 is 1.45 bits per heavy atom. The molecule has 2 aromatic rings. The van der Waals surface area contributed by atoms with Crippen molar-refractivity contribution < 1.29 is 23.9 Å². The first kappa shape index (κ1) is 22.6. The zero-order chi connectivity index (χ0) is 21.7. The first-order valence-corrected chi connectivity index (χ1v) is 9.61. The Hall–Kier alpha value is -2.66. The molecule has 0 saturated carbocycles. The van der Waals surface area contributed by atoms with Gasteiger partial charge >= 0.3 is 11.9 Å². The number of hydrogen-bond donors (Lipinski definition) is 0. The monoisotopic (exact) mass is 416 g/mol. The van der Waals surface area contributed by atoms with Gasteiger partial charge in [-0.3, -0.25) is 14.4 Å². The summed E-state index contributed by atoms with van der Waals surface area (Å²) < 4.78 is 9.72. The van der Waals surface area contributed by atoms with E-state index in [-0.39, 0.29) is 5.78 Å². The van der Waals surface area contributed by atoms with Gasteiger partial charge in [0.1, 0.15) is 0 Å². The molecule has 2 rings (SSSR count). The minimum atomic E-state index is -1.28. The normalized spacial score (nSPS) is 12.9. The molecule has 5 nitrogen and oxygen atoms in total. The van der Waals surface area contributed by atoms with Crippen LogP contribution in [0.2, 0.25) is 5.02 Å². The molecule has 29 heavy (non-hydrogen) atoms. The largest absolute Gasteiger partial charge is 0.468 e. The number of hydrogen-bond acceptors (Lipinski definition) is 5. The number of carbonyl (C=O) groups excluding carboxylic acids is 3. The fourth-order valence-electron chi connectivity index (χ4n) is 3.60. The summed E-state index contributed by atoms with van der Waals surface area (Å²) in [7, 11) is 2.40. The Kier molecular flexibility index (Phi) is 7.57. The summed E-state index contributed by atoms with van der Waals surface area (Å²) in [6, 6.07) is 12.3. The highest BCUT2D eigenvalue weighted by atomic mass is 35.5. The van der Waals surface area contributed by atoms with Crippen LogP contribution >= 0.6 is 11.6 Å². The number of esters is 2. The van der Waals surface area contributed by atoms with Crippen molar-refractivity contribution in [2.24, 2.45) is 11.8 Å². The Morgan fingerprint density at radius 3 is 1.93 bits per heavy atom. The van der Waals surface area contributed by atoms with E-state index in [9.17, 15) is 14.4 Å². The van der Waals surface area contributed by atoms with Crippen LogP contribution in [-0.2, 0) is 19.1 Å². The van der Waals surface area contributed by atoms with Crippen LogP contribution < -0.4 is 0 Å². The van der Waals surface area contributed by atoms with Crippen molar-refractivity contribution in [3.8, 4) is 0 Å². The van der Waals surface area contributed by atoms with Gasteiger partial charge in [0.25, 0.3) is 0 Å². The summed E-state index contributed by atoms with van der Waals surface area (Å²) >= 11 is 6.00. The molecule has 0 amide bonds. The van der Waals surface area contributed by atoms with Gasteiger partial charge in [-0.1, -0.05) is 54.4 Å². The molecule has 0 unspecified atom stereocenters. The molecule has 0 fully saturated rings. The van der Waals surface area contributed by atoms with Crippen LogP contribution in [-0.4, -0.2) is 31.9 Å². The maximum absolute atomic E-state index is 13.4. The van der Waals surface area contributed by atoms with Gasteiger partial charge in [0, 0.05) is 22.4 Å². The summed E-state index contributed by atoms with van der Waals surface area (Å²) in [6.45, 7) is 5.52. The zero-order valence-corrected chi connectivity index (χ0v) is 17.9. The number of halogens is 1. The second kappa shape index (κ2) is 9.70. The SMILES string of the molecule is COC(=O)C(C(=O)OC)[C@H](c1ccc(Cl)cc1)[C@H](C)C(=O)c1ccc(C)cc1C. The number of rotatable bonds is 7.